The maximum atomic E-state index is 12.6. The van der Waals surface area contributed by atoms with Gasteiger partial charge in [-0.2, -0.15) is 8.42 Å². The van der Waals surface area contributed by atoms with E-state index >= 15 is 0 Å². The van der Waals surface area contributed by atoms with E-state index in [1.165, 1.54) is 25.3 Å². The predicted molar refractivity (Wildman–Crippen MR) is 89.1 cm³/mol. The van der Waals surface area contributed by atoms with Crippen molar-refractivity contribution >= 4 is 10.0 Å². The third kappa shape index (κ3) is 3.05. The van der Waals surface area contributed by atoms with Crippen molar-refractivity contribution in [2.24, 2.45) is 0 Å². The second-order valence-corrected chi connectivity index (χ2v) is 7.25. The molecule has 9 heteroatoms. The molecule has 0 N–H and O–H groups in total. The summed E-state index contributed by atoms with van der Waals surface area (Å²) in [7, 11) is -4.25. The van der Waals surface area contributed by atoms with Crippen LogP contribution in [-0.2, 0) is 16.6 Å². The summed E-state index contributed by atoms with van der Waals surface area (Å²) < 4.78 is 31.7. The Morgan fingerprint density at radius 2 is 1.72 bits per heavy atom. The van der Waals surface area contributed by atoms with Gasteiger partial charge >= 0.3 is 11.1 Å². The van der Waals surface area contributed by atoms with E-state index < -0.39 is 21.1 Å². The molecular formula is C16H15N3O5S. The van der Waals surface area contributed by atoms with E-state index in [2.05, 4.69) is 5.10 Å². The highest BCUT2D eigenvalue weighted by molar-refractivity contribution is 7.89. The molecule has 0 spiro atoms. The van der Waals surface area contributed by atoms with Crippen LogP contribution in [-0.4, -0.2) is 22.2 Å². The van der Waals surface area contributed by atoms with Crippen molar-refractivity contribution in [2.45, 2.75) is 25.3 Å². The zero-order valence-electron chi connectivity index (χ0n) is 13.5. The average Bonchev–Trinajstić information content (AvgIpc) is 3.08. The fourth-order valence-electron chi connectivity index (χ4n) is 2.29. The van der Waals surface area contributed by atoms with E-state index in [0.29, 0.717) is 5.76 Å². The molecule has 0 aliphatic carbocycles. The zero-order chi connectivity index (χ0) is 18.2. The molecular weight excluding hydrogens is 346 g/mol. The zero-order valence-corrected chi connectivity index (χ0v) is 14.4. The Labute approximate surface area is 143 Å². The van der Waals surface area contributed by atoms with Crippen LogP contribution in [0.4, 0.5) is 0 Å². The maximum Gasteiger partial charge on any atom is 0.347 e. The first kappa shape index (κ1) is 16.9. The van der Waals surface area contributed by atoms with E-state index in [1.54, 1.807) is 31.2 Å². The molecule has 25 heavy (non-hydrogen) atoms. The Bertz CT molecular complexity index is 1120. The molecule has 0 radical (unpaired) electrons. The molecule has 130 valence electrons. The van der Waals surface area contributed by atoms with Crippen molar-refractivity contribution in [3.63, 3.8) is 0 Å². The first-order valence-corrected chi connectivity index (χ1v) is 8.80. The van der Waals surface area contributed by atoms with Crippen LogP contribution < -0.4 is 11.1 Å². The van der Waals surface area contributed by atoms with Crippen LogP contribution in [0.25, 0.3) is 0 Å². The van der Waals surface area contributed by atoms with Crippen LogP contribution in [0, 0.1) is 13.8 Å². The number of furan rings is 1. The summed E-state index contributed by atoms with van der Waals surface area (Å²) in [5.41, 5.74) is -1.36. The van der Waals surface area contributed by atoms with Crippen molar-refractivity contribution in [3.05, 3.63) is 80.5 Å². The molecule has 2 heterocycles. The third-order valence-corrected chi connectivity index (χ3v) is 5.24. The van der Waals surface area contributed by atoms with Crippen LogP contribution in [0.5, 0.6) is 0 Å². The van der Waals surface area contributed by atoms with Crippen LogP contribution in [0.1, 0.15) is 17.1 Å². The van der Waals surface area contributed by atoms with E-state index in [4.69, 9.17) is 4.42 Å². The fourth-order valence-corrected chi connectivity index (χ4v) is 3.49. The van der Waals surface area contributed by atoms with Crippen LogP contribution in [0.3, 0.4) is 0 Å². The molecule has 0 aliphatic heterocycles. The minimum Gasteiger partial charge on any atom is -0.467 e. The Morgan fingerprint density at radius 1 is 1.04 bits per heavy atom. The van der Waals surface area contributed by atoms with Crippen molar-refractivity contribution < 1.29 is 12.8 Å². The molecule has 1 aromatic carbocycles. The number of aromatic nitrogens is 3. The standard InChI is InChI=1S/C16H15N3O5S/c1-11-5-7-14(8-6-11)25(22,23)19-16(21)15(20)18(12(2)17-19)10-13-4-3-9-24-13/h3-9H,10H2,1-2H3. The lowest BCUT2D eigenvalue weighted by Gasteiger charge is -2.11. The first-order valence-electron chi connectivity index (χ1n) is 7.36. The van der Waals surface area contributed by atoms with E-state index in [1.807, 2.05) is 0 Å². The molecule has 2 aromatic heterocycles. The van der Waals surface area contributed by atoms with Crippen molar-refractivity contribution in [1.82, 2.24) is 13.8 Å². The highest BCUT2D eigenvalue weighted by Gasteiger charge is 2.23. The molecule has 0 saturated heterocycles. The highest BCUT2D eigenvalue weighted by Crippen LogP contribution is 2.12. The predicted octanol–water partition coefficient (Wildman–Crippen LogP) is 0.900. The molecule has 0 bridgehead atoms. The van der Waals surface area contributed by atoms with Gasteiger partial charge in [-0.3, -0.25) is 14.2 Å². The smallest absolute Gasteiger partial charge is 0.347 e. The van der Waals surface area contributed by atoms with Gasteiger partial charge < -0.3 is 4.42 Å². The van der Waals surface area contributed by atoms with Gasteiger partial charge in [0.15, 0.2) is 0 Å². The van der Waals surface area contributed by atoms with Gasteiger partial charge in [-0.25, -0.2) is 0 Å². The first-order chi connectivity index (χ1) is 11.8. The Balaban J connectivity index is 2.14. The molecule has 0 saturated carbocycles. The average molecular weight is 361 g/mol. The lowest BCUT2D eigenvalue weighted by atomic mass is 10.2. The second kappa shape index (κ2) is 6.17. The molecule has 0 amide bonds. The minimum absolute atomic E-state index is 0.00861. The summed E-state index contributed by atoms with van der Waals surface area (Å²) in [6.45, 7) is 3.25. The number of aryl methyl sites for hydroxylation is 2. The van der Waals surface area contributed by atoms with Gasteiger partial charge in [0.25, 0.3) is 10.0 Å². The van der Waals surface area contributed by atoms with Crippen LogP contribution >= 0.6 is 0 Å². The van der Waals surface area contributed by atoms with Gasteiger partial charge in [0.05, 0.1) is 17.7 Å². The van der Waals surface area contributed by atoms with E-state index in [9.17, 15) is 18.0 Å². The van der Waals surface area contributed by atoms with Crippen molar-refractivity contribution in [3.8, 4) is 0 Å². The summed E-state index contributed by atoms with van der Waals surface area (Å²) in [5.74, 6) is 0.530. The fraction of sp³-hybridized carbons (Fsp3) is 0.188. The molecule has 0 fully saturated rings. The molecule has 0 aliphatic rings. The largest absolute Gasteiger partial charge is 0.467 e. The van der Waals surface area contributed by atoms with Gasteiger partial charge in [-0.15, -0.1) is 9.19 Å². The summed E-state index contributed by atoms with van der Waals surface area (Å²) in [6.07, 6.45) is 1.44. The Hall–Kier alpha value is -2.94. The van der Waals surface area contributed by atoms with Gasteiger partial charge in [-0.05, 0) is 38.1 Å². The van der Waals surface area contributed by atoms with Crippen LogP contribution in [0.15, 0.2) is 61.6 Å². The summed E-state index contributed by atoms with van der Waals surface area (Å²) in [6, 6.07) is 9.21. The molecule has 3 rings (SSSR count). The maximum absolute atomic E-state index is 12.6. The van der Waals surface area contributed by atoms with Gasteiger partial charge in [0.2, 0.25) is 0 Å². The topological polar surface area (TPSA) is 104 Å². The molecule has 0 unspecified atom stereocenters. The van der Waals surface area contributed by atoms with Gasteiger partial charge in [0.1, 0.15) is 11.6 Å². The van der Waals surface area contributed by atoms with E-state index in [-0.39, 0.29) is 21.4 Å². The van der Waals surface area contributed by atoms with Gasteiger partial charge in [0, 0.05) is 0 Å². The second-order valence-electron chi connectivity index (χ2n) is 5.48. The number of rotatable bonds is 4. The third-order valence-electron chi connectivity index (χ3n) is 3.67. The van der Waals surface area contributed by atoms with Crippen molar-refractivity contribution in [1.29, 1.82) is 0 Å². The van der Waals surface area contributed by atoms with Gasteiger partial charge in [-0.1, -0.05) is 17.7 Å². The number of hydrogen-bond acceptors (Lipinski definition) is 6. The highest BCUT2D eigenvalue weighted by atomic mass is 32.2. The summed E-state index contributed by atoms with van der Waals surface area (Å²) in [4.78, 5) is 24.6. The normalized spacial score (nSPS) is 11.6. The lowest BCUT2D eigenvalue weighted by Crippen LogP contribution is -2.46. The molecule has 0 atom stereocenters. The number of benzene rings is 1. The van der Waals surface area contributed by atoms with Crippen molar-refractivity contribution in [2.75, 3.05) is 0 Å². The number of hydrogen-bond donors (Lipinski definition) is 0. The Kier molecular flexibility index (Phi) is 4.17. The summed E-state index contributed by atoms with van der Waals surface area (Å²) >= 11 is 0. The Morgan fingerprint density at radius 3 is 2.32 bits per heavy atom. The number of nitrogens with zero attached hydrogens (tertiary/aromatic N) is 3. The lowest BCUT2D eigenvalue weighted by molar-refractivity contribution is 0.477. The minimum atomic E-state index is -4.25. The quantitative estimate of drug-likeness (QED) is 0.640. The molecule has 3 aromatic rings. The SMILES string of the molecule is Cc1ccc(S(=O)(=O)n2nc(C)n(Cc3ccco3)c(=O)c2=O)cc1. The monoisotopic (exact) mass is 361 g/mol. The van der Waals surface area contributed by atoms with E-state index in [0.717, 1.165) is 10.1 Å². The summed E-state index contributed by atoms with van der Waals surface area (Å²) in [5, 5.41) is 3.82. The van der Waals surface area contributed by atoms with Crippen LogP contribution in [0.2, 0.25) is 0 Å². The molecule has 8 nitrogen and oxygen atoms in total.